The van der Waals surface area contributed by atoms with Gasteiger partial charge in [-0.15, -0.1) is 0 Å². The Bertz CT molecular complexity index is 833. The Balaban J connectivity index is 0.000000342. The summed E-state index contributed by atoms with van der Waals surface area (Å²) in [6, 6.07) is 0. The molecule has 5 nitrogen and oxygen atoms in total. The van der Waals surface area contributed by atoms with Crippen LogP contribution in [-0.4, -0.2) is 49.1 Å². The topological polar surface area (TPSA) is 72.4 Å². The SMILES string of the molecule is CC(C)CCCC(C)[C@H]1CC[C@H]2[C@@H]3CC=C4C[C@@H](O)CC[C@]4(C)[C@H]3CC[C@]12C.CC(NC(=O)[O-])[N+](C)(C)C. The first-order chi connectivity index (χ1) is 17.6. The number of fused-ring (bicyclic) bond motifs is 5. The first kappa shape index (κ1) is 31.5. The molecule has 0 spiro atoms. The van der Waals surface area contributed by atoms with Gasteiger partial charge in [0.15, 0.2) is 6.17 Å². The van der Waals surface area contributed by atoms with Crippen LogP contribution in [0, 0.1) is 46.3 Å². The highest BCUT2D eigenvalue weighted by Gasteiger charge is 2.59. The van der Waals surface area contributed by atoms with E-state index in [2.05, 4.69) is 46.0 Å². The minimum Gasteiger partial charge on any atom is -0.530 e. The van der Waals surface area contributed by atoms with Gasteiger partial charge >= 0.3 is 0 Å². The van der Waals surface area contributed by atoms with Crippen molar-refractivity contribution in [3.05, 3.63) is 11.6 Å². The number of nitrogens with zero attached hydrogens (tertiary/aromatic N) is 1. The summed E-state index contributed by atoms with van der Waals surface area (Å²) >= 11 is 0. The number of amides is 1. The maximum Gasteiger partial charge on any atom is 0.159 e. The number of rotatable bonds is 7. The molecule has 5 heteroatoms. The third-order valence-corrected chi connectivity index (χ3v) is 11.8. The molecule has 1 amide bonds. The number of carboxylic acid groups (broad SMARTS) is 1. The fraction of sp³-hybridized carbons (Fsp3) is 0.909. The average molecular weight is 533 g/mol. The molecule has 220 valence electrons. The molecule has 0 radical (unpaired) electrons. The zero-order valence-corrected chi connectivity index (χ0v) is 26.2. The molecule has 3 fully saturated rings. The molecule has 0 heterocycles. The number of quaternary nitrogens is 1. The molecule has 2 unspecified atom stereocenters. The molecule has 2 N–H and O–H groups in total. The minimum atomic E-state index is -1.22. The van der Waals surface area contributed by atoms with E-state index in [9.17, 15) is 15.0 Å². The van der Waals surface area contributed by atoms with E-state index < -0.39 is 6.09 Å². The molecule has 9 atom stereocenters. The summed E-state index contributed by atoms with van der Waals surface area (Å²) in [5.41, 5.74) is 2.60. The van der Waals surface area contributed by atoms with Gasteiger partial charge in [0, 0.05) is 6.92 Å². The van der Waals surface area contributed by atoms with Gasteiger partial charge in [-0.1, -0.05) is 65.5 Å². The van der Waals surface area contributed by atoms with E-state index in [4.69, 9.17) is 0 Å². The van der Waals surface area contributed by atoms with Gasteiger partial charge in [-0.25, -0.2) is 0 Å². The first-order valence-corrected chi connectivity index (χ1v) is 15.8. The molecule has 4 rings (SSSR count). The zero-order chi connectivity index (χ0) is 28.5. The number of carbonyl (C=O) groups excluding carboxylic acids is 1. The van der Waals surface area contributed by atoms with Crippen molar-refractivity contribution < 1.29 is 19.5 Å². The van der Waals surface area contributed by atoms with E-state index in [-0.39, 0.29) is 12.3 Å². The van der Waals surface area contributed by atoms with Crippen LogP contribution in [0.15, 0.2) is 11.6 Å². The molecule has 0 aromatic heterocycles. The molecular weight excluding hydrogens is 472 g/mol. The van der Waals surface area contributed by atoms with Crippen molar-refractivity contribution in [1.29, 1.82) is 0 Å². The van der Waals surface area contributed by atoms with Gasteiger partial charge in [0.1, 0.15) is 6.09 Å². The van der Waals surface area contributed by atoms with Crippen molar-refractivity contribution in [2.45, 2.75) is 124 Å². The van der Waals surface area contributed by atoms with Crippen LogP contribution >= 0.6 is 0 Å². The number of hydrogen-bond donors (Lipinski definition) is 2. The minimum absolute atomic E-state index is 0.0766. The Morgan fingerprint density at radius 1 is 1.05 bits per heavy atom. The number of aliphatic hydroxyl groups excluding tert-OH is 1. The second-order valence-electron chi connectivity index (χ2n) is 15.4. The van der Waals surface area contributed by atoms with E-state index in [0.29, 0.717) is 15.3 Å². The Kier molecular flexibility index (Phi) is 10.1. The third kappa shape index (κ3) is 6.79. The molecule has 0 saturated heterocycles. The van der Waals surface area contributed by atoms with Gasteiger partial charge < -0.3 is 24.8 Å². The van der Waals surface area contributed by atoms with Crippen molar-refractivity contribution in [2.24, 2.45) is 46.3 Å². The van der Waals surface area contributed by atoms with E-state index in [1.807, 2.05) is 21.1 Å². The molecule has 4 aliphatic rings. The maximum absolute atomic E-state index is 10.2. The van der Waals surface area contributed by atoms with Gasteiger partial charge in [0.2, 0.25) is 0 Å². The standard InChI is InChI=1S/C27H46O.C6H14N2O2/c1-18(2)7-6-8-19(3)23-11-12-24-22-10-9-20-17-21(28)13-15-26(20,4)25(22)14-16-27(23,24)5;1-5(7-6(9)10)8(2,3)4/h9,18-19,21-25,28H,6-8,10-17H2,1-5H3;5,7H,1-4H3/t19?,21-,22-,23+,24-,25-,26-,27+;/m0./s1. The van der Waals surface area contributed by atoms with Gasteiger partial charge in [-0.2, -0.15) is 0 Å². The fourth-order valence-corrected chi connectivity index (χ4v) is 9.03. The Hall–Kier alpha value is -1.07. The molecule has 38 heavy (non-hydrogen) atoms. The van der Waals surface area contributed by atoms with E-state index in [1.54, 1.807) is 12.5 Å². The van der Waals surface area contributed by atoms with Crippen LogP contribution in [0.25, 0.3) is 0 Å². The number of carbonyl (C=O) groups is 1. The average Bonchev–Trinajstić information content (AvgIpc) is 3.16. The molecule has 3 saturated carbocycles. The monoisotopic (exact) mass is 532 g/mol. The quantitative estimate of drug-likeness (QED) is 0.228. The van der Waals surface area contributed by atoms with Crippen LogP contribution in [0.2, 0.25) is 0 Å². The summed E-state index contributed by atoms with van der Waals surface area (Å²) in [7, 11) is 5.71. The maximum atomic E-state index is 10.2. The molecule has 0 aromatic rings. The van der Waals surface area contributed by atoms with Crippen molar-refractivity contribution >= 4 is 6.09 Å². The number of hydrogen-bond acceptors (Lipinski definition) is 3. The Morgan fingerprint density at radius 3 is 2.32 bits per heavy atom. The number of nitrogens with one attached hydrogen (secondary N) is 1. The smallest absolute Gasteiger partial charge is 0.159 e. The largest absolute Gasteiger partial charge is 0.530 e. The first-order valence-electron chi connectivity index (χ1n) is 15.8. The van der Waals surface area contributed by atoms with Crippen molar-refractivity contribution in [3.63, 3.8) is 0 Å². The second-order valence-corrected chi connectivity index (χ2v) is 15.4. The van der Waals surface area contributed by atoms with Gasteiger partial charge in [-0.05, 0) is 97.7 Å². The van der Waals surface area contributed by atoms with Crippen LogP contribution in [-0.2, 0) is 0 Å². The van der Waals surface area contributed by atoms with Gasteiger partial charge in [0.05, 0.1) is 27.2 Å². The van der Waals surface area contributed by atoms with Crippen molar-refractivity contribution in [2.75, 3.05) is 21.1 Å². The molecule has 0 aromatic carbocycles. The van der Waals surface area contributed by atoms with Crippen LogP contribution in [0.3, 0.4) is 0 Å². The lowest BCUT2D eigenvalue weighted by Crippen LogP contribution is -2.56. The molecule has 0 bridgehead atoms. The molecule has 4 aliphatic carbocycles. The number of aliphatic hydroxyl groups is 1. The normalized spacial score (nSPS) is 38.1. The van der Waals surface area contributed by atoms with Crippen LogP contribution in [0.1, 0.15) is 112 Å². The van der Waals surface area contributed by atoms with E-state index in [0.717, 1.165) is 48.3 Å². The predicted octanol–water partition coefficient (Wildman–Crippen LogP) is 6.36. The second kappa shape index (κ2) is 12.2. The lowest BCUT2D eigenvalue weighted by atomic mass is 9.47. The van der Waals surface area contributed by atoms with E-state index >= 15 is 0 Å². The van der Waals surface area contributed by atoms with Gasteiger partial charge in [-0.3, -0.25) is 0 Å². The Labute approximate surface area is 234 Å². The van der Waals surface area contributed by atoms with E-state index in [1.165, 1.54) is 57.8 Å². The summed E-state index contributed by atoms with van der Waals surface area (Å²) in [4.78, 5) is 10.0. The summed E-state index contributed by atoms with van der Waals surface area (Å²) in [5.74, 6) is 5.46. The van der Waals surface area contributed by atoms with Gasteiger partial charge in [0.25, 0.3) is 0 Å². The fourth-order valence-electron chi connectivity index (χ4n) is 9.03. The van der Waals surface area contributed by atoms with Crippen molar-refractivity contribution in [3.8, 4) is 0 Å². The lowest BCUT2D eigenvalue weighted by Gasteiger charge is -2.58. The zero-order valence-electron chi connectivity index (χ0n) is 26.2. The summed E-state index contributed by atoms with van der Waals surface area (Å²) in [5, 5.41) is 22.5. The Morgan fingerprint density at radius 2 is 1.74 bits per heavy atom. The highest BCUT2D eigenvalue weighted by Crippen LogP contribution is 2.67. The third-order valence-electron chi connectivity index (χ3n) is 11.8. The molecule has 0 aliphatic heterocycles. The highest BCUT2D eigenvalue weighted by atomic mass is 16.4. The van der Waals surface area contributed by atoms with Crippen LogP contribution < -0.4 is 10.4 Å². The molecular formula is C33H60N2O3. The van der Waals surface area contributed by atoms with Crippen molar-refractivity contribution in [1.82, 2.24) is 5.32 Å². The lowest BCUT2D eigenvalue weighted by molar-refractivity contribution is -0.896. The summed E-state index contributed by atoms with van der Waals surface area (Å²) < 4.78 is 0.550. The number of allylic oxidation sites excluding steroid dienone is 1. The van der Waals surface area contributed by atoms with Crippen LogP contribution in [0.5, 0.6) is 0 Å². The summed E-state index contributed by atoms with van der Waals surface area (Å²) in [6.07, 6.45) is 15.8. The van der Waals surface area contributed by atoms with Crippen LogP contribution in [0.4, 0.5) is 4.79 Å². The summed E-state index contributed by atoms with van der Waals surface area (Å²) in [6.45, 7) is 14.4. The highest BCUT2D eigenvalue weighted by molar-refractivity contribution is 5.61. The predicted molar refractivity (Wildman–Crippen MR) is 155 cm³/mol.